The van der Waals surface area contributed by atoms with Gasteiger partial charge in [-0.05, 0) is 56.4 Å². The van der Waals surface area contributed by atoms with Gasteiger partial charge in [-0.3, -0.25) is 4.79 Å². The fourth-order valence-electron chi connectivity index (χ4n) is 6.22. The van der Waals surface area contributed by atoms with Crippen LogP contribution in [0.4, 0.5) is 8.78 Å². The lowest BCUT2D eigenvalue weighted by molar-refractivity contribution is 0.0104. The smallest absolute Gasteiger partial charge is 0.249 e. The first-order valence-corrected chi connectivity index (χ1v) is 15.2. The van der Waals surface area contributed by atoms with E-state index in [1.165, 1.54) is 30.6 Å². The number of carbonyl (C=O) groups excluding carboxylic acids is 1. The third-order valence-corrected chi connectivity index (χ3v) is 9.06. The summed E-state index contributed by atoms with van der Waals surface area (Å²) in [5.41, 5.74) is 4.79. The zero-order valence-electron chi connectivity index (χ0n) is 24.7. The molecule has 0 saturated heterocycles. The minimum Gasteiger partial charge on any atom is -0.483 e. The largest absolute Gasteiger partial charge is 0.483 e. The number of hydrogen-bond acceptors (Lipinski definition) is 7. The summed E-state index contributed by atoms with van der Waals surface area (Å²) in [4.78, 5) is 20.8. The van der Waals surface area contributed by atoms with Gasteiger partial charge in [0.1, 0.15) is 18.2 Å². The van der Waals surface area contributed by atoms with Crippen LogP contribution in [0.15, 0.2) is 67.0 Å². The number of nitrogens with one attached hydrogen (secondary N) is 1. The van der Waals surface area contributed by atoms with Crippen molar-refractivity contribution in [3.05, 3.63) is 106 Å². The number of halogens is 3. The number of fused-ring (bicyclic) bond motifs is 1. The average molecular weight is 635 g/mol. The molecule has 3 aromatic carbocycles. The van der Waals surface area contributed by atoms with Crippen LogP contribution in [0.2, 0.25) is 5.02 Å². The SMILES string of the molecule is CC1(O)CCC(NC[C@@]2(c3ccccc3)Cc3c(cc(F)c(Cl)c3-c3c(C(N)=O)ccc(OCc4ncccn4)c3F)O2)CC1. The number of nitrogens with two attached hydrogens (primary N) is 1. The molecule has 4 N–H and O–H groups in total. The Labute approximate surface area is 264 Å². The Balaban J connectivity index is 1.41. The molecular weight excluding hydrogens is 602 g/mol. The summed E-state index contributed by atoms with van der Waals surface area (Å²) in [5.74, 6) is -2.39. The van der Waals surface area contributed by atoms with E-state index in [0.29, 0.717) is 30.8 Å². The fraction of sp³-hybridized carbons (Fsp3) is 0.324. The van der Waals surface area contributed by atoms with Crippen molar-refractivity contribution in [2.75, 3.05) is 6.54 Å². The lowest BCUT2D eigenvalue weighted by Crippen LogP contribution is -2.48. The van der Waals surface area contributed by atoms with Crippen LogP contribution >= 0.6 is 11.6 Å². The Morgan fingerprint density at radius 3 is 2.51 bits per heavy atom. The van der Waals surface area contributed by atoms with Crippen LogP contribution in [0.3, 0.4) is 0 Å². The number of benzene rings is 3. The van der Waals surface area contributed by atoms with E-state index in [0.717, 1.165) is 18.4 Å². The summed E-state index contributed by atoms with van der Waals surface area (Å²) in [5, 5.41) is 13.7. The number of ether oxygens (including phenoxy) is 2. The molecule has 2 heterocycles. The van der Waals surface area contributed by atoms with Crippen molar-refractivity contribution < 1.29 is 28.2 Å². The highest BCUT2D eigenvalue weighted by Crippen LogP contribution is 2.50. The van der Waals surface area contributed by atoms with Gasteiger partial charge in [0.05, 0.1) is 16.2 Å². The third-order valence-electron chi connectivity index (χ3n) is 8.69. The molecule has 0 unspecified atom stereocenters. The van der Waals surface area contributed by atoms with E-state index in [-0.39, 0.29) is 52.3 Å². The predicted octanol–water partition coefficient (Wildman–Crippen LogP) is 5.87. The highest BCUT2D eigenvalue weighted by Gasteiger charge is 2.45. The molecule has 1 aliphatic carbocycles. The van der Waals surface area contributed by atoms with E-state index in [1.54, 1.807) is 6.07 Å². The topological polar surface area (TPSA) is 120 Å². The molecular formula is C34H33ClF2N4O4. The van der Waals surface area contributed by atoms with E-state index in [2.05, 4.69) is 15.3 Å². The summed E-state index contributed by atoms with van der Waals surface area (Å²) in [6.45, 7) is 2.05. The maximum absolute atomic E-state index is 16.4. The van der Waals surface area contributed by atoms with E-state index < -0.39 is 28.7 Å². The number of rotatable bonds is 9. The van der Waals surface area contributed by atoms with Crippen molar-refractivity contribution in [2.24, 2.45) is 5.73 Å². The van der Waals surface area contributed by atoms with Crippen molar-refractivity contribution in [1.82, 2.24) is 15.3 Å². The van der Waals surface area contributed by atoms with Gasteiger partial charge in [0, 0.05) is 54.2 Å². The van der Waals surface area contributed by atoms with Crippen LogP contribution in [0.25, 0.3) is 11.1 Å². The first-order valence-electron chi connectivity index (χ1n) is 14.8. The number of aromatic nitrogens is 2. The monoisotopic (exact) mass is 634 g/mol. The summed E-state index contributed by atoms with van der Waals surface area (Å²) in [6, 6.07) is 15.1. The molecule has 45 heavy (non-hydrogen) atoms. The number of amides is 1. The zero-order chi connectivity index (χ0) is 31.8. The van der Waals surface area contributed by atoms with E-state index in [1.807, 2.05) is 37.3 Å². The highest BCUT2D eigenvalue weighted by atomic mass is 35.5. The zero-order valence-corrected chi connectivity index (χ0v) is 25.4. The van der Waals surface area contributed by atoms with Crippen molar-refractivity contribution in [1.29, 1.82) is 0 Å². The second-order valence-corrected chi connectivity index (χ2v) is 12.3. The third kappa shape index (κ3) is 6.22. The summed E-state index contributed by atoms with van der Waals surface area (Å²) >= 11 is 6.60. The highest BCUT2D eigenvalue weighted by molar-refractivity contribution is 6.34. The lowest BCUT2D eigenvalue weighted by atomic mass is 9.82. The maximum atomic E-state index is 16.4. The Kier molecular flexibility index (Phi) is 8.47. The number of nitrogens with zero attached hydrogens (tertiary/aromatic N) is 2. The van der Waals surface area contributed by atoms with Gasteiger partial charge in [-0.2, -0.15) is 0 Å². The van der Waals surface area contributed by atoms with Gasteiger partial charge in [-0.15, -0.1) is 0 Å². The molecule has 0 spiro atoms. The summed E-state index contributed by atoms with van der Waals surface area (Å²) in [6.07, 6.45) is 6.16. The molecule has 0 radical (unpaired) electrons. The maximum Gasteiger partial charge on any atom is 0.249 e. The van der Waals surface area contributed by atoms with Crippen LogP contribution in [0.5, 0.6) is 11.5 Å². The van der Waals surface area contributed by atoms with E-state index in [4.69, 9.17) is 26.8 Å². The van der Waals surface area contributed by atoms with Gasteiger partial charge in [0.25, 0.3) is 0 Å². The van der Waals surface area contributed by atoms with Gasteiger partial charge in [0.2, 0.25) is 5.91 Å². The second kappa shape index (κ2) is 12.3. The van der Waals surface area contributed by atoms with Crippen molar-refractivity contribution >= 4 is 17.5 Å². The Morgan fingerprint density at radius 2 is 1.82 bits per heavy atom. The van der Waals surface area contributed by atoms with Crippen LogP contribution in [-0.2, 0) is 18.6 Å². The van der Waals surface area contributed by atoms with Gasteiger partial charge < -0.3 is 25.6 Å². The second-order valence-electron chi connectivity index (χ2n) is 11.9. The molecule has 1 aromatic heterocycles. The molecule has 0 bridgehead atoms. The summed E-state index contributed by atoms with van der Waals surface area (Å²) in [7, 11) is 0. The Bertz CT molecular complexity index is 1720. The standard InChI is InChI=1S/C34H33ClF2N4O4/c1-33(43)12-10-21(11-13-33)41-19-34(20-6-3-2-4-7-20)17-23-26(45-34)16-24(36)30(35)28(23)29-22(32(38)42)8-9-25(31(29)37)44-18-27-39-14-5-15-40-27/h2-9,14-16,21,41,43H,10-13,17-19H2,1H3,(H2,38,42)/t21?,33?,34-/m1/s1. The first-order chi connectivity index (χ1) is 21.6. The quantitative estimate of drug-likeness (QED) is 0.211. The van der Waals surface area contributed by atoms with Crippen LogP contribution in [0.1, 0.15) is 59.9 Å². The minimum atomic E-state index is -1.00. The van der Waals surface area contributed by atoms with Gasteiger partial charge >= 0.3 is 0 Å². The average Bonchev–Trinajstić information content (AvgIpc) is 3.40. The fourth-order valence-corrected chi connectivity index (χ4v) is 6.48. The molecule has 6 rings (SSSR count). The van der Waals surface area contributed by atoms with Gasteiger partial charge in [-0.25, -0.2) is 18.7 Å². The molecule has 1 amide bonds. The molecule has 4 aromatic rings. The number of carbonyl (C=O) groups is 1. The van der Waals surface area contributed by atoms with E-state index in [9.17, 15) is 9.90 Å². The molecule has 234 valence electrons. The predicted molar refractivity (Wildman–Crippen MR) is 165 cm³/mol. The van der Waals surface area contributed by atoms with Crippen molar-refractivity contribution in [3.63, 3.8) is 0 Å². The van der Waals surface area contributed by atoms with Crippen molar-refractivity contribution in [2.45, 2.75) is 62.9 Å². The van der Waals surface area contributed by atoms with Crippen LogP contribution < -0.4 is 20.5 Å². The molecule has 1 saturated carbocycles. The number of primary amides is 1. The van der Waals surface area contributed by atoms with Crippen molar-refractivity contribution in [3.8, 4) is 22.6 Å². The number of hydrogen-bond donors (Lipinski definition) is 3. The first kappa shape index (κ1) is 30.9. The molecule has 8 nitrogen and oxygen atoms in total. The van der Waals surface area contributed by atoms with Crippen LogP contribution in [-0.4, -0.2) is 39.2 Å². The minimum absolute atomic E-state index is 0.0223. The normalized spacial score (nSPS) is 22.5. The molecule has 2 aliphatic rings. The van der Waals surface area contributed by atoms with E-state index >= 15 is 8.78 Å². The Morgan fingerprint density at radius 1 is 1.11 bits per heavy atom. The Hall–Kier alpha value is -4.12. The molecule has 11 heteroatoms. The van der Waals surface area contributed by atoms with Crippen LogP contribution in [0, 0.1) is 11.6 Å². The molecule has 1 fully saturated rings. The van der Waals surface area contributed by atoms with Gasteiger partial charge in [-0.1, -0.05) is 41.9 Å². The number of aliphatic hydroxyl groups is 1. The van der Waals surface area contributed by atoms with Gasteiger partial charge in [0.15, 0.2) is 23.0 Å². The molecule has 1 atom stereocenters. The summed E-state index contributed by atoms with van der Waals surface area (Å²) < 4.78 is 44.2. The lowest BCUT2D eigenvalue weighted by Gasteiger charge is -2.36. The molecule has 1 aliphatic heterocycles.